The van der Waals surface area contributed by atoms with Crippen molar-refractivity contribution in [2.45, 2.75) is 12.6 Å². The number of anilines is 2. The van der Waals surface area contributed by atoms with Gasteiger partial charge in [-0.25, -0.2) is 4.79 Å². The molecule has 0 saturated heterocycles. The van der Waals surface area contributed by atoms with Crippen LogP contribution in [-0.2, 0) is 12.6 Å². The van der Waals surface area contributed by atoms with Gasteiger partial charge in [-0.1, -0.05) is 12.1 Å². The van der Waals surface area contributed by atoms with Crippen LogP contribution in [0.4, 0.5) is 29.3 Å². The minimum atomic E-state index is -4.48. The largest absolute Gasteiger partial charge is 0.457 e. The number of nitrogens with one attached hydrogen (secondary N) is 2. The number of carbonyl (C=O) groups is 2. The third kappa shape index (κ3) is 4.74. The van der Waals surface area contributed by atoms with Gasteiger partial charge < -0.3 is 15.4 Å². The van der Waals surface area contributed by atoms with Crippen molar-refractivity contribution in [2.24, 2.45) is 0 Å². The molecule has 0 spiro atoms. The second-order valence-corrected chi connectivity index (χ2v) is 7.22. The van der Waals surface area contributed by atoms with Crippen LogP contribution in [-0.4, -0.2) is 30.5 Å². The van der Waals surface area contributed by atoms with Gasteiger partial charge >= 0.3 is 12.2 Å². The summed E-state index contributed by atoms with van der Waals surface area (Å²) < 4.78 is 45.6. The highest BCUT2D eigenvalue weighted by Gasteiger charge is 2.37. The zero-order valence-corrected chi connectivity index (χ0v) is 17.4. The van der Waals surface area contributed by atoms with E-state index >= 15 is 0 Å². The van der Waals surface area contributed by atoms with E-state index < -0.39 is 17.8 Å². The maximum atomic E-state index is 13.3. The normalized spacial score (nSPS) is 12.8. The monoisotopic (exact) mass is 456 g/mol. The van der Waals surface area contributed by atoms with Gasteiger partial charge in [-0.2, -0.15) is 13.2 Å². The molecule has 33 heavy (non-hydrogen) atoms. The average molecular weight is 456 g/mol. The van der Waals surface area contributed by atoms with Gasteiger partial charge in [-0.3, -0.25) is 14.7 Å². The van der Waals surface area contributed by atoms with Crippen LogP contribution in [0.25, 0.3) is 0 Å². The molecule has 1 aromatic heterocycles. The zero-order chi connectivity index (χ0) is 23.6. The van der Waals surface area contributed by atoms with Gasteiger partial charge in [0, 0.05) is 43.3 Å². The highest BCUT2D eigenvalue weighted by atomic mass is 19.4. The Morgan fingerprint density at radius 3 is 2.58 bits per heavy atom. The zero-order valence-electron chi connectivity index (χ0n) is 17.4. The summed E-state index contributed by atoms with van der Waals surface area (Å²) in [6.07, 6.45) is -2.92. The Kier molecular flexibility index (Phi) is 5.91. The molecular formula is C23H19F3N4O3. The summed E-state index contributed by atoms with van der Waals surface area (Å²) in [5.74, 6) is 0.407. The molecule has 2 heterocycles. The van der Waals surface area contributed by atoms with E-state index in [1.54, 1.807) is 30.3 Å². The number of hydrogen-bond acceptors (Lipinski definition) is 4. The number of pyridine rings is 1. The van der Waals surface area contributed by atoms with E-state index in [1.165, 1.54) is 36.3 Å². The molecule has 3 amide bonds. The van der Waals surface area contributed by atoms with Crippen molar-refractivity contribution >= 4 is 23.3 Å². The number of urea groups is 1. The van der Waals surface area contributed by atoms with Crippen LogP contribution in [0.1, 0.15) is 21.6 Å². The standard InChI is InChI=1S/C23H19F3N4O3/c1-27-21(31)19-13-16(8-10-28-19)33-15-5-2-4-14(12-15)29-22(32)30-11-9-17-18(23(24,25)26)6-3-7-20(17)30/h2-8,10,12-13H,9,11H2,1H3,(H,27,31)(H,29,32). The molecule has 10 heteroatoms. The fourth-order valence-corrected chi connectivity index (χ4v) is 3.60. The van der Waals surface area contributed by atoms with Gasteiger partial charge in [-0.05, 0) is 42.3 Å². The van der Waals surface area contributed by atoms with Crippen molar-refractivity contribution in [2.75, 3.05) is 23.8 Å². The molecule has 4 rings (SSSR count). The quantitative estimate of drug-likeness (QED) is 0.588. The summed E-state index contributed by atoms with van der Waals surface area (Å²) in [5.41, 5.74) is 0.221. The molecular weight excluding hydrogens is 437 g/mol. The molecule has 1 aliphatic rings. The molecule has 0 saturated carbocycles. The maximum Gasteiger partial charge on any atom is 0.416 e. The minimum Gasteiger partial charge on any atom is -0.457 e. The number of aromatic nitrogens is 1. The van der Waals surface area contributed by atoms with Crippen molar-refractivity contribution in [3.05, 3.63) is 77.6 Å². The van der Waals surface area contributed by atoms with Crippen LogP contribution in [0.15, 0.2) is 60.8 Å². The Balaban J connectivity index is 1.49. The first-order valence-electron chi connectivity index (χ1n) is 10.00. The molecule has 1 aliphatic heterocycles. The van der Waals surface area contributed by atoms with Gasteiger partial charge in [0.1, 0.15) is 17.2 Å². The van der Waals surface area contributed by atoms with Crippen molar-refractivity contribution in [3.8, 4) is 11.5 Å². The van der Waals surface area contributed by atoms with Crippen molar-refractivity contribution < 1.29 is 27.5 Å². The highest BCUT2D eigenvalue weighted by Crippen LogP contribution is 2.39. The lowest BCUT2D eigenvalue weighted by Gasteiger charge is -2.19. The first kappa shape index (κ1) is 22.1. The lowest BCUT2D eigenvalue weighted by Crippen LogP contribution is -2.33. The molecule has 3 aromatic rings. The van der Waals surface area contributed by atoms with Crippen LogP contribution in [0.5, 0.6) is 11.5 Å². The van der Waals surface area contributed by atoms with E-state index in [0.29, 0.717) is 17.2 Å². The number of fused-ring (bicyclic) bond motifs is 1. The Bertz CT molecular complexity index is 1210. The topological polar surface area (TPSA) is 83.6 Å². The smallest absolute Gasteiger partial charge is 0.416 e. The molecule has 0 unspecified atom stereocenters. The Morgan fingerprint density at radius 2 is 1.82 bits per heavy atom. The molecule has 7 nitrogen and oxygen atoms in total. The lowest BCUT2D eigenvalue weighted by atomic mass is 10.0. The number of hydrogen-bond donors (Lipinski definition) is 2. The summed E-state index contributed by atoms with van der Waals surface area (Å²) in [6, 6.07) is 12.9. The summed E-state index contributed by atoms with van der Waals surface area (Å²) in [7, 11) is 1.49. The summed E-state index contributed by atoms with van der Waals surface area (Å²) >= 11 is 0. The number of halogens is 3. The van der Waals surface area contributed by atoms with E-state index in [9.17, 15) is 22.8 Å². The second kappa shape index (κ2) is 8.81. The molecule has 2 aromatic carbocycles. The first-order valence-corrected chi connectivity index (χ1v) is 10.00. The van der Waals surface area contributed by atoms with Crippen molar-refractivity contribution in [1.29, 1.82) is 0 Å². The van der Waals surface area contributed by atoms with E-state index in [-0.39, 0.29) is 35.8 Å². The van der Waals surface area contributed by atoms with Crippen LogP contribution in [0.2, 0.25) is 0 Å². The molecule has 0 radical (unpaired) electrons. The highest BCUT2D eigenvalue weighted by molar-refractivity contribution is 6.03. The number of nitrogens with zero attached hydrogens (tertiary/aromatic N) is 2. The number of rotatable bonds is 4. The van der Waals surface area contributed by atoms with E-state index in [4.69, 9.17) is 4.74 Å². The maximum absolute atomic E-state index is 13.3. The fraction of sp³-hybridized carbons (Fsp3) is 0.174. The SMILES string of the molecule is CNC(=O)c1cc(Oc2cccc(NC(=O)N3CCc4c3cccc4C(F)(F)F)c2)ccn1. The van der Waals surface area contributed by atoms with Gasteiger partial charge in [0.15, 0.2) is 0 Å². The average Bonchev–Trinajstić information content (AvgIpc) is 3.22. The number of benzene rings is 2. The van der Waals surface area contributed by atoms with Crippen LogP contribution < -0.4 is 20.3 Å². The van der Waals surface area contributed by atoms with Gasteiger partial charge in [-0.15, -0.1) is 0 Å². The van der Waals surface area contributed by atoms with Gasteiger partial charge in [0.05, 0.1) is 5.56 Å². The van der Waals surface area contributed by atoms with Crippen LogP contribution in [0.3, 0.4) is 0 Å². The van der Waals surface area contributed by atoms with Gasteiger partial charge in [0.2, 0.25) is 0 Å². The van der Waals surface area contributed by atoms with Crippen LogP contribution >= 0.6 is 0 Å². The number of amides is 3. The Labute approximate surface area is 187 Å². The third-order valence-electron chi connectivity index (χ3n) is 5.09. The summed E-state index contributed by atoms with van der Waals surface area (Å²) in [4.78, 5) is 29.8. The summed E-state index contributed by atoms with van der Waals surface area (Å²) in [6.45, 7) is 0.143. The minimum absolute atomic E-state index is 0.113. The molecule has 0 aliphatic carbocycles. The number of carbonyl (C=O) groups excluding carboxylic acids is 2. The van der Waals surface area contributed by atoms with E-state index in [0.717, 1.165) is 6.07 Å². The van der Waals surface area contributed by atoms with Crippen molar-refractivity contribution in [3.63, 3.8) is 0 Å². The number of alkyl halides is 3. The third-order valence-corrected chi connectivity index (χ3v) is 5.09. The molecule has 0 bridgehead atoms. The predicted molar refractivity (Wildman–Crippen MR) is 116 cm³/mol. The Hall–Kier alpha value is -4.08. The lowest BCUT2D eigenvalue weighted by molar-refractivity contribution is -0.138. The second-order valence-electron chi connectivity index (χ2n) is 7.22. The van der Waals surface area contributed by atoms with Crippen molar-refractivity contribution in [1.82, 2.24) is 10.3 Å². The van der Waals surface area contributed by atoms with Gasteiger partial charge in [0.25, 0.3) is 5.91 Å². The molecule has 170 valence electrons. The fourth-order valence-electron chi connectivity index (χ4n) is 3.60. The first-order chi connectivity index (χ1) is 15.8. The Morgan fingerprint density at radius 1 is 1.06 bits per heavy atom. The number of ether oxygens (including phenoxy) is 1. The summed E-state index contributed by atoms with van der Waals surface area (Å²) in [5, 5.41) is 5.17. The predicted octanol–water partition coefficient (Wildman–Crippen LogP) is 4.85. The van der Waals surface area contributed by atoms with E-state index in [1.807, 2.05) is 0 Å². The molecule has 0 fully saturated rings. The molecule has 2 N–H and O–H groups in total. The molecule has 0 atom stereocenters. The van der Waals surface area contributed by atoms with E-state index in [2.05, 4.69) is 15.6 Å². The van der Waals surface area contributed by atoms with Crippen LogP contribution in [0, 0.1) is 0 Å².